The number of rotatable bonds is 6. The Morgan fingerprint density at radius 2 is 2.26 bits per heavy atom. The van der Waals surface area contributed by atoms with Crippen molar-refractivity contribution in [2.24, 2.45) is 0 Å². The van der Waals surface area contributed by atoms with Gasteiger partial charge < -0.3 is 10.0 Å². The van der Waals surface area contributed by atoms with E-state index in [1.54, 1.807) is 17.8 Å². The average Bonchev–Trinajstić information content (AvgIpc) is 2.36. The minimum atomic E-state index is -0.939. The summed E-state index contributed by atoms with van der Waals surface area (Å²) in [6.07, 6.45) is 4.88. The van der Waals surface area contributed by atoms with Crippen LogP contribution in [0.15, 0.2) is 28.7 Å². The van der Waals surface area contributed by atoms with Gasteiger partial charge in [-0.1, -0.05) is 15.9 Å². The van der Waals surface area contributed by atoms with Gasteiger partial charge in [0, 0.05) is 35.1 Å². The second-order valence-electron chi connectivity index (χ2n) is 4.29. The molecule has 0 heterocycles. The first-order valence-corrected chi connectivity index (χ1v) is 8.06. The van der Waals surface area contributed by atoms with Gasteiger partial charge >= 0.3 is 5.97 Å². The summed E-state index contributed by atoms with van der Waals surface area (Å²) < 4.78 is 0.937. The van der Waals surface area contributed by atoms with Gasteiger partial charge in [-0.2, -0.15) is 11.8 Å². The number of carboxylic acid groups (broad SMARTS) is 1. The number of carboxylic acids is 1. The zero-order chi connectivity index (χ0) is 14.4. The molecule has 1 aromatic rings. The van der Waals surface area contributed by atoms with Gasteiger partial charge in [0.25, 0.3) is 0 Å². The smallest absolute Gasteiger partial charge is 0.328 e. The molecular formula is C14H18BrNO2S. The SMILES string of the molecule is CSCC(C)N(C)c1ccc(Br)cc1/C=C/C(=O)O. The van der Waals surface area contributed by atoms with Crippen LogP contribution in [0.5, 0.6) is 0 Å². The van der Waals surface area contributed by atoms with Gasteiger partial charge in [0.05, 0.1) is 0 Å². The molecule has 1 unspecified atom stereocenters. The van der Waals surface area contributed by atoms with E-state index in [9.17, 15) is 4.79 Å². The largest absolute Gasteiger partial charge is 0.478 e. The van der Waals surface area contributed by atoms with Crippen molar-refractivity contribution in [1.29, 1.82) is 0 Å². The fourth-order valence-electron chi connectivity index (χ4n) is 1.73. The van der Waals surface area contributed by atoms with E-state index in [-0.39, 0.29) is 0 Å². The number of hydrogen-bond acceptors (Lipinski definition) is 3. The van der Waals surface area contributed by atoms with Crippen LogP contribution in [0.4, 0.5) is 5.69 Å². The number of thioether (sulfide) groups is 1. The molecule has 0 bridgehead atoms. The van der Waals surface area contributed by atoms with Crippen LogP contribution in [-0.2, 0) is 4.79 Å². The quantitative estimate of drug-likeness (QED) is 0.799. The summed E-state index contributed by atoms with van der Waals surface area (Å²) in [5.74, 6) is 0.0833. The summed E-state index contributed by atoms with van der Waals surface area (Å²) in [6, 6.07) is 6.28. The van der Waals surface area contributed by atoms with Crippen molar-refractivity contribution in [2.75, 3.05) is 24.0 Å². The van der Waals surface area contributed by atoms with E-state index >= 15 is 0 Å². The van der Waals surface area contributed by atoms with Crippen LogP contribution < -0.4 is 4.90 Å². The van der Waals surface area contributed by atoms with Crippen LogP contribution in [0.3, 0.4) is 0 Å². The zero-order valence-electron chi connectivity index (χ0n) is 11.3. The molecule has 0 aliphatic heterocycles. The molecule has 19 heavy (non-hydrogen) atoms. The van der Waals surface area contributed by atoms with Gasteiger partial charge in [-0.3, -0.25) is 0 Å². The van der Waals surface area contributed by atoms with E-state index in [4.69, 9.17) is 5.11 Å². The Balaban J connectivity index is 3.08. The van der Waals surface area contributed by atoms with Crippen LogP contribution >= 0.6 is 27.7 Å². The molecule has 1 N–H and O–H groups in total. The molecule has 5 heteroatoms. The maximum absolute atomic E-state index is 10.7. The minimum Gasteiger partial charge on any atom is -0.478 e. The predicted octanol–water partition coefficient (Wildman–Crippen LogP) is 3.73. The fraction of sp³-hybridized carbons (Fsp3) is 0.357. The maximum Gasteiger partial charge on any atom is 0.328 e. The number of aliphatic carboxylic acids is 1. The molecular weight excluding hydrogens is 326 g/mol. The molecule has 0 aliphatic carbocycles. The monoisotopic (exact) mass is 343 g/mol. The van der Waals surface area contributed by atoms with Crippen LogP contribution in [0.1, 0.15) is 12.5 Å². The maximum atomic E-state index is 10.7. The summed E-state index contributed by atoms with van der Waals surface area (Å²) >= 11 is 5.21. The Hall–Kier alpha value is -0.940. The number of halogens is 1. The molecule has 0 fully saturated rings. The van der Waals surface area contributed by atoms with Crippen molar-refractivity contribution in [3.05, 3.63) is 34.3 Å². The van der Waals surface area contributed by atoms with Crippen LogP contribution in [0.2, 0.25) is 0 Å². The second-order valence-corrected chi connectivity index (χ2v) is 6.12. The number of carbonyl (C=O) groups is 1. The third-order valence-corrected chi connectivity index (χ3v) is 4.15. The Kier molecular flexibility index (Phi) is 6.45. The Morgan fingerprint density at radius 3 is 2.84 bits per heavy atom. The summed E-state index contributed by atoms with van der Waals surface area (Å²) in [6.45, 7) is 2.16. The molecule has 1 rings (SSSR count). The van der Waals surface area contributed by atoms with Gasteiger partial charge in [-0.25, -0.2) is 4.79 Å². The van der Waals surface area contributed by atoms with Gasteiger partial charge in [0.15, 0.2) is 0 Å². The summed E-state index contributed by atoms with van der Waals surface area (Å²) in [7, 11) is 2.03. The standard InChI is InChI=1S/C14H18BrNO2S/c1-10(9-19-3)16(2)13-6-5-12(15)8-11(13)4-7-14(17)18/h4-8,10H,9H2,1-3H3,(H,17,18)/b7-4+. The van der Waals surface area contributed by atoms with E-state index in [2.05, 4.69) is 34.0 Å². The first-order valence-electron chi connectivity index (χ1n) is 5.88. The third kappa shape index (κ3) is 4.91. The first kappa shape index (κ1) is 16.1. The minimum absolute atomic E-state index is 0.383. The lowest BCUT2D eigenvalue weighted by atomic mass is 10.1. The molecule has 104 valence electrons. The fourth-order valence-corrected chi connectivity index (χ4v) is 2.82. The van der Waals surface area contributed by atoms with Crippen molar-refractivity contribution >= 4 is 45.4 Å². The zero-order valence-corrected chi connectivity index (χ0v) is 13.7. The van der Waals surface area contributed by atoms with Crippen molar-refractivity contribution in [3.63, 3.8) is 0 Å². The lowest BCUT2D eigenvalue weighted by Gasteiger charge is -2.28. The molecule has 0 saturated carbocycles. The highest BCUT2D eigenvalue weighted by molar-refractivity contribution is 9.10. The molecule has 0 saturated heterocycles. The topological polar surface area (TPSA) is 40.5 Å². The summed E-state index contributed by atoms with van der Waals surface area (Å²) in [5, 5.41) is 8.75. The van der Waals surface area contributed by atoms with Gasteiger partial charge in [0.2, 0.25) is 0 Å². The molecule has 0 aliphatic rings. The van der Waals surface area contributed by atoms with E-state index in [0.29, 0.717) is 6.04 Å². The normalized spacial score (nSPS) is 12.6. The van der Waals surface area contributed by atoms with Crippen molar-refractivity contribution in [1.82, 2.24) is 0 Å². The first-order chi connectivity index (χ1) is 8.95. The van der Waals surface area contributed by atoms with Crippen LogP contribution in [-0.4, -0.2) is 36.2 Å². The highest BCUT2D eigenvalue weighted by Gasteiger charge is 2.12. The van der Waals surface area contributed by atoms with E-state index in [1.165, 1.54) is 6.08 Å². The highest BCUT2D eigenvalue weighted by atomic mass is 79.9. The predicted molar refractivity (Wildman–Crippen MR) is 87.1 cm³/mol. The van der Waals surface area contributed by atoms with E-state index < -0.39 is 5.97 Å². The number of anilines is 1. The van der Waals surface area contributed by atoms with E-state index in [0.717, 1.165) is 21.5 Å². The van der Waals surface area contributed by atoms with Crippen molar-refractivity contribution in [3.8, 4) is 0 Å². The van der Waals surface area contributed by atoms with Crippen molar-refractivity contribution in [2.45, 2.75) is 13.0 Å². The Labute approximate surface area is 126 Å². The van der Waals surface area contributed by atoms with Gasteiger partial charge in [-0.05, 0) is 43.0 Å². The molecule has 0 radical (unpaired) electrons. The van der Waals surface area contributed by atoms with Crippen molar-refractivity contribution < 1.29 is 9.90 Å². The molecule has 0 amide bonds. The van der Waals surface area contributed by atoms with Gasteiger partial charge in [0.1, 0.15) is 0 Å². The number of nitrogens with zero attached hydrogens (tertiary/aromatic N) is 1. The summed E-state index contributed by atoms with van der Waals surface area (Å²) in [5.41, 5.74) is 1.93. The molecule has 3 nitrogen and oxygen atoms in total. The number of benzene rings is 1. The molecule has 1 atom stereocenters. The second kappa shape index (κ2) is 7.60. The molecule has 1 aromatic carbocycles. The van der Waals surface area contributed by atoms with Gasteiger partial charge in [-0.15, -0.1) is 0 Å². The third-order valence-electron chi connectivity index (χ3n) is 2.84. The molecule has 0 spiro atoms. The lowest BCUT2D eigenvalue weighted by Crippen LogP contribution is -2.31. The van der Waals surface area contributed by atoms with E-state index in [1.807, 2.05) is 25.2 Å². The Morgan fingerprint density at radius 1 is 1.58 bits per heavy atom. The molecule has 0 aromatic heterocycles. The average molecular weight is 344 g/mol. The lowest BCUT2D eigenvalue weighted by molar-refractivity contribution is -0.131. The number of hydrogen-bond donors (Lipinski definition) is 1. The Bertz CT molecular complexity index is 477. The highest BCUT2D eigenvalue weighted by Crippen LogP contribution is 2.27. The van der Waals surface area contributed by atoms with Crippen LogP contribution in [0, 0.1) is 0 Å². The summed E-state index contributed by atoms with van der Waals surface area (Å²) in [4.78, 5) is 12.8. The van der Waals surface area contributed by atoms with Crippen LogP contribution in [0.25, 0.3) is 6.08 Å².